The number of hydrogen-bond donors (Lipinski definition) is 0. The molecule has 5 rings (SSSR count). The molecule has 8 nitrogen and oxygen atoms in total. The van der Waals surface area contributed by atoms with Crippen molar-refractivity contribution in [1.82, 2.24) is 0 Å². The first kappa shape index (κ1) is 34.0. The average molecular weight is 639 g/mol. The fourth-order valence-electron chi connectivity index (χ4n) is 5.28. The standard InChI is InChI=1S/C39H42O8/c1-29(23-35(40)41-2)46-39-38(45-27-33-21-13-6-14-22-33)37(44-26-32-19-11-5-12-20-32)36(43-25-31-17-9-4-10-18-31)34(47-39)28-42-24-30-15-7-3-8-16-30/h3-23,34,36-39H,24-28H2,1-2H3/b29-23+/t34-,36-,37+,38-,39+/m1/s1. The molecule has 0 aliphatic carbocycles. The van der Waals surface area contributed by atoms with Gasteiger partial charge in [-0.25, -0.2) is 4.79 Å². The summed E-state index contributed by atoms with van der Waals surface area (Å²) in [6.07, 6.45) is -2.27. The SMILES string of the molecule is COC(=O)/C=C(\C)O[C@H]1O[C@H](COCc2ccccc2)[C@@H](OCc2ccccc2)[C@H](OCc2ccccc2)[C@H]1OCc1ccccc1. The van der Waals surface area contributed by atoms with Crippen molar-refractivity contribution >= 4 is 5.97 Å². The highest BCUT2D eigenvalue weighted by Gasteiger charge is 2.49. The zero-order valence-electron chi connectivity index (χ0n) is 26.8. The molecule has 0 N–H and O–H groups in total. The van der Waals surface area contributed by atoms with Crippen molar-refractivity contribution in [3.05, 3.63) is 155 Å². The number of rotatable bonds is 16. The van der Waals surface area contributed by atoms with Gasteiger partial charge in [0.25, 0.3) is 0 Å². The van der Waals surface area contributed by atoms with E-state index in [1.165, 1.54) is 13.2 Å². The molecule has 246 valence electrons. The zero-order chi connectivity index (χ0) is 32.7. The summed E-state index contributed by atoms with van der Waals surface area (Å²) in [5.74, 6) is -0.228. The minimum Gasteiger partial charge on any atom is -0.466 e. The minimum atomic E-state index is -0.956. The monoisotopic (exact) mass is 638 g/mol. The number of allylic oxidation sites excluding steroid dienone is 1. The Morgan fingerprint density at radius 1 is 0.617 bits per heavy atom. The van der Waals surface area contributed by atoms with E-state index in [0.29, 0.717) is 25.6 Å². The second-order valence-electron chi connectivity index (χ2n) is 11.2. The van der Waals surface area contributed by atoms with Crippen LogP contribution in [-0.2, 0) is 64.4 Å². The van der Waals surface area contributed by atoms with Gasteiger partial charge in [0.1, 0.15) is 30.2 Å². The molecule has 5 atom stereocenters. The molecule has 1 fully saturated rings. The van der Waals surface area contributed by atoms with Gasteiger partial charge >= 0.3 is 5.97 Å². The fraction of sp³-hybridized carbons (Fsp3) is 0.308. The van der Waals surface area contributed by atoms with Gasteiger partial charge in [0.05, 0.1) is 46.2 Å². The van der Waals surface area contributed by atoms with E-state index in [0.717, 1.165) is 22.3 Å². The third-order valence-electron chi connectivity index (χ3n) is 7.67. The van der Waals surface area contributed by atoms with Crippen LogP contribution in [0.1, 0.15) is 29.2 Å². The van der Waals surface area contributed by atoms with Crippen molar-refractivity contribution in [2.75, 3.05) is 13.7 Å². The Morgan fingerprint density at radius 3 is 1.51 bits per heavy atom. The quantitative estimate of drug-likeness (QED) is 0.0755. The maximum Gasteiger partial charge on any atom is 0.333 e. The molecule has 8 heteroatoms. The zero-order valence-corrected chi connectivity index (χ0v) is 26.8. The normalized spacial score (nSPS) is 21.2. The Balaban J connectivity index is 1.46. The summed E-state index contributed by atoms with van der Waals surface area (Å²) >= 11 is 0. The van der Waals surface area contributed by atoms with Crippen LogP contribution in [0.4, 0.5) is 0 Å². The minimum absolute atomic E-state index is 0.199. The molecule has 0 unspecified atom stereocenters. The number of esters is 1. The third-order valence-corrected chi connectivity index (χ3v) is 7.67. The van der Waals surface area contributed by atoms with Crippen molar-refractivity contribution < 1.29 is 38.0 Å². The molecule has 0 radical (unpaired) electrons. The van der Waals surface area contributed by atoms with Crippen LogP contribution in [0.3, 0.4) is 0 Å². The second kappa shape index (κ2) is 18.1. The van der Waals surface area contributed by atoms with Crippen molar-refractivity contribution in [2.45, 2.75) is 64.1 Å². The molecule has 0 amide bonds. The molecular weight excluding hydrogens is 596 g/mol. The number of methoxy groups -OCH3 is 1. The van der Waals surface area contributed by atoms with Crippen molar-refractivity contribution in [3.63, 3.8) is 0 Å². The number of benzene rings is 4. The lowest BCUT2D eigenvalue weighted by Gasteiger charge is -2.45. The molecule has 0 saturated carbocycles. The first-order chi connectivity index (χ1) is 23.1. The highest BCUT2D eigenvalue weighted by atomic mass is 16.7. The van der Waals surface area contributed by atoms with Gasteiger partial charge in [0.15, 0.2) is 0 Å². The maximum absolute atomic E-state index is 12.1. The van der Waals surface area contributed by atoms with Gasteiger partial charge in [0.2, 0.25) is 6.29 Å². The summed E-state index contributed by atoms with van der Waals surface area (Å²) in [6, 6.07) is 39.7. The summed E-state index contributed by atoms with van der Waals surface area (Å²) < 4.78 is 43.9. The fourth-order valence-corrected chi connectivity index (χ4v) is 5.28. The lowest BCUT2D eigenvalue weighted by molar-refractivity contribution is -0.320. The van der Waals surface area contributed by atoms with E-state index in [2.05, 4.69) is 0 Å². The Kier molecular flexibility index (Phi) is 13.1. The molecule has 4 aromatic carbocycles. The van der Waals surface area contributed by atoms with Gasteiger partial charge in [-0.1, -0.05) is 121 Å². The Bertz CT molecular complexity index is 1500. The average Bonchev–Trinajstić information content (AvgIpc) is 3.11. The Labute approximate surface area is 276 Å². The van der Waals surface area contributed by atoms with E-state index in [-0.39, 0.29) is 13.2 Å². The predicted molar refractivity (Wildman–Crippen MR) is 177 cm³/mol. The third kappa shape index (κ3) is 10.6. The number of hydrogen-bond acceptors (Lipinski definition) is 8. The van der Waals surface area contributed by atoms with Gasteiger partial charge in [-0.05, 0) is 29.2 Å². The van der Waals surface area contributed by atoms with E-state index < -0.39 is 36.7 Å². The predicted octanol–water partition coefficient (Wildman–Crippen LogP) is 6.78. The Morgan fingerprint density at radius 2 is 1.04 bits per heavy atom. The molecule has 1 heterocycles. The molecular formula is C39H42O8. The van der Waals surface area contributed by atoms with Crippen molar-refractivity contribution in [3.8, 4) is 0 Å². The number of carbonyl (C=O) groups is 1. The molecule has 47 heavy (non-hydrogen) atoms. The first-order valence-electron chi connectivity index (χ1n) is 15.8. The van der Waals surface area contributed by atoms with Crippen molar-refractivity contribution in [2.24, 2.45) is 0 Å². The van der Waals surface area contributed by atoms with Crippen LogP contribution in [0.15, 0.2) is 133 Å². The number of carbonyl (C=O) groups excluding carboxylic acids is 1. The first-order valence-corrected chi connectivity index (χ1v) is 15.8. The summed E-state index contributed by atoms with van der Waals surface area (Å²) in [5.41, 5.74) is 4.02. The lowest BCUT2D eigenvalue weighted by atomic mass is 9.97. The molecule has 1 aliphatic heterocycles. The molecule has 0 bridgehead atoms. The van der Waals surface area contributed by atoms with E-state index in [4.69, 9.17) is 33.2 Å². The molecule has 0 aromatic heterocycles. The highest BCUT2D eigenvalue weighted by Crippen LogP contribution is 2.32. The van der Waals surface area contributed by atoms with E-state index in [1.807, 2.05) is 121 Å². The second-order valence-corrected chi connectivity index (χ2v) is 11.2. The van der Waals surface area contributed by atoms with Gasteiger partial charge < -0.3 is 33.2 Å². The van der Waals surface area contributed by atoms with Gasteiger partial charge in [-0.15, -0.1) is 0 Å². The largest absolute Gasteiger partial charge is 0.466 e. The van der Waals surface area contributed by atoms with Crippen LogP contribution in [0.25, 0.3) is 0 Å². The smallest absolute Gasteiger partial charge is 0.333 e. The highest BCUT2D eigenvalue weighted by molar-refractivity contribution is 5.82. The van der Waals surface area contributed by atoms with Gasteiger partial charge in [-0.2, -0.15) is 0 Å². The summed E-state index contributed by atoms with van der Waals surface area (Å²) in [4.78, 5) is 12.1. The molecule has 0 spiro atoms. The van der Waals surface area contributed by atoms with Crippen LogP contribution < -0.4 is 0 Å². The van der Waals surface area contributed by atoms with Gasteiger partial charge in [0, 0.05) is 0 Å². The summed E-state index contributed by atoms with van der Waals surface area (Å²) in [7, 11) is 1.32. The van der Waals surface area contributed by atoms with E-state index in [1.54, 1.807) is 6.92 Å². The Hall–Kier alpha value is -4.31. The molecule has 4 aromatic rings. The summed E-state index contributed by atoms with van der Waals surface area (Å²) in [5, 5.41) is 0. The molecule has 1 aliphatic rings. The topological polar surface area (TPSA) is 81.7 Å². The molecule has 1 saturated heterocycles. The lowest BCUT2D eigenvalue weighted by Crippen LogP contribution is -2.61. The summed E-state index contributed by atoms with van der Waals surface area (Å²) in [6.45, 7) is 3.18. The van der Waals surface area contributed by atoms with Crippen LogP contribution in [0, 0.1) is 0 Å². The van der Waals surface area contributed by atoms with Crippen molar-refractivity contribution in [1.29, 1.82) is 0 Å². The number of ether oxygens (including phenoxy) is 7. The van der Waals surface area contributed by atoms with Crippen LogP contribution >= 0.6 is 0 Å². The van der Waals surface area contributed by atoms with E-state index >= 15 is 0 Å². The van der Waals surface area contributed by atoms with Crippen LogP contribution in [0.5, 0.6) is 0 Å². The van der Waals surface area contributed by atoms with Gasteiger partial charge in [-0.3, -0.25) is 0 Å². The van der Waals surface area contributed by atoms with Crippen LogP contribution in [0.2, 0.25) is 0 Å². The van der Waals surface area contributed by atoms with Crippen LogP contribution in [-0.4, -0.2) is 50.4 Å². The maximum atomic E-state index is 12.1. The van der Waals surface area contributed by atoms with E-state index in [9.17, 15) is 4.79 Å².